The summed E-state index contributed by atoms with van der Waals surface area (Å²) in [5.41, 5.74) is 8.54. The van der Waals surface area contributed by atoms with Crippen molar-refractivity contribution in [3.05, 3.63) is 107 Å². The molecule has 0 saturated carbocycles. The number of pyridine rings is 1. The Morgan fingerprint density at radius 3 is 2.32 bits per heavy atom. The van der Waals surface area contributed by atoms with Gasteiger partial charge in [-0.05, 0) is 69.2 Å². The number of rotatable bonds is 6. The van der Waals surface area contributed by atoms with Crippen molar-refractivity contribution < 1.29 is 4.79 Å². The highest BCUT2D eigenvalue weighted by Crippen LogP contribution is 2.32. The highest BCUT2D eigenvalue weighted by atomic mass is 16.1. The zero-order valence-corrected chi connectivity index (χ0v) is 19.6. The minimum absolute atomic E-state index is 0.0780. The number of carbonyl (C=O) groups excluding carboxylic acids is 1. The normalized spacial score (nSPS) is 11.1. The lowest BCUT2D eigenvalue weighted by Crippen LogP contribution is -2.04. The van der Waals surface area contributed by atoms with Gasteiger partial charge in [0, 0.05) is 53.4 Å². The van der Waals surface area contributed by atoms with Crippen LogP contribution in [0.4, 0.5) is 0 Å². The highest BCUT2D eigenvalue weighted by molar-refractivity contribution is 6.05. The monoisotopic (exact) mass is 446 g/mol. The summed E-state index contributed by atoms with van der Waals surface area (Å²) >= 11 is 0. The summed E-state index contributed by atoms with van der Waals surface area (Å²) in [6.07, 6.45) is 8.33. The molecule has 0 amide bonds. The Balaban J connectivity index is 1.58. The molecule has 0 bridgehead atoms. The topological polar surface area (TPSA) is 60.7 Å². The standard InChI is InChI=1S/C29H26N4O/c1-19-4-8-24(9-5-19)33-13-12-25-26(27-10-6-20(2)16-32-27)14-22(15-28(25)33)29(34)11-7-23-18-30-21(3)17-31-23/h4-6,8-10,12-18H,7,11H2,1-3H3. The van der Waals surface area contributed by atoms with Gasteiger partial charge in [0.15, 0.2) is 5.78 Å². The molecule has 0 fully saturated rings. The number of Topliss-reactive ketones (excluding diaryl/α,β-unsaturated/α-hetero) is 1. The van der Waals surface area contributed by atoms with Crippen molar-refractivity contribution in [2.24, 2.45) is 0 Å². The molecule has 5 nitrogen and oxygen atoms in total. The molecule has 0 saturated heterocycles. The van der Waals surface area contributed by atoms with Crippen LogP contribution >= 0.6 is 0 Å². The largest absolute Gasteiger partial charge is 0.317 e. The van der Waals surface area contributed by atoms with E-state index in [1.54, 1.807) is 12.4 Å². The fourth-order valence-electron chi connectivity index (χ4n) is 4.11. The summed E-state index contributed by atoms with van der Waals surface area (Å²) in [4.78, 5) is 26.6. The molecule has 0 radical (unpaired) electrons. The van der Waals surface area contributed by atoms with Crippen molar-refractivity contribution in [1.29, 1.82) is 0 Å². The molecular formula is C29H26N4O. The number of aromatic nitrogens is 4. The minimum atomic E-state index is 0.0780. The van der Waals surface area contributed by atoms with Gasteiger partial charge in [-0.25, -0.2) is 0 Å². The Kier molecular flexibility index (Phi) is 5.76. The predicted octanol–water partition coefficient (Wildman–Crippen LogP) is 6.22. The lowest BCUT2D eigenvalue weighted by Gasteiger charge is -2.11. The van der Waals surface area contributed by atoms with Gasteiger partial charge in [-0.15, -0.1) is 0 Å². The molecule has 3 heterocycles. The van der Waals surface area contributed by atoms with E-state index >= 15 is 0 Å². The number of ketones is 1. The van der Waals surface area contributed by atoms with Gasteiger partial charge in [-0.1, -0.05) is 23.8 Å². The van der Waals surface area contributed by atoms with E-state index in [9.17, 15) is 4.79 Å². The van der Waals surface area contributed by atoms with E-state index in [4.69, 9.17) is 0 Å². The average molecular weight is 447 g/mol. The second-order valence-corrected chi connectivity index (χ2v) is 8.77. The Morgan fingerprint density at radius 1 is 0.824 bits per heavy atom. The summed E-state index contributed by atoms with van der Waals surface area (Å²) in [5.74, 6) is 0.0780. The third-order valence-corrected chi connectivity index (χ3v) is 6.07. The molecule has 5 rings (SSSR count). The van der Waals surface area contributed by atoms with Gasteiger partial charge in [0.1, 0.15) is 0 Å². The third-order valence-electron chi connectivity index (χ3n) is 6.07. The summed E-state index contributed by atoms with van der Waals surface area (Å²) in [7, 11) is 0. The van der Waals surface area contributed by atoms with Crippen molar-refractivity contribution in [3.63, 3.8) is 0 Å². The van der Waals surface area contributed by atoms with Crippen LogP contribution in [0.1, 0.15) is 39.3 Å². The molecule has 0 aliphatic rings. The first kappa shape index (κ1) is 21.7. The smallest absolute Gasteiger partial charge is 0.163 e. The van der Waals surface area contributed by atoms with E-state index in [1.165, 1.54) is 5.56 Å². The molecule has 0 unspecified atom stereocenters. The van der Waals surface area contributed by atoms with Crippen molar-refractivity contribution in [2.75, 3.05) is 0 Å². The Hall–Kier alpha value is -4.12. The first-order chi connectivity index (χ1) is 16.5. The zero-order valence-electron chi connectivity index (χ0n) is 19.6. The zero-order chi connectivity index (χ0) is 23.7. The van der Waals surface area contributed by atoms with Crippen molar-refractivity contribution >= 4 is 16.7 Å². The molecule has 168 valence electrons. The van der Waals surface area contributed by atoms with E-state index in [2.05, 4.69) is 69.0 Å². The van der Waals surface area contributed by atoms with Gasteiger partial charge >= 0.3 is 0 Å². The number of aryl methyl sites for hydroxylation is 4. The van der Waals surface area contributed by atoms with Crippen LogP contribution in [0.5, 0.6) is 0 Å². The van der Waals surface area contributed by atoms with Crippen LogP contribution in [-0.4, -0.2) is 25.3 Å². The molecule has 0 atom stereocenters. The molecule has 5 aromatic rings. The van der Waals surface area contributed by atoms with E-state index in [1.807, 2.05) is 38.2 Å². The van der Waals surface area contributed by atoms with Gasteiger partial charge < -0.3 is 4.57 Å². The summed E-state index contributed by atoms with van der Waals surface area (Å²) in [5, 5.41) is 1.07. The number of nitrogens with zero attached hydrogens (tertiary/aromatic N) is 4. The second-order valence-electron chi connectivity index (χ2n) is 8.77. The SMILES string of the molecule is Cc1ccc(-n2ccc3c(-c4ccc(C)cn4)cc(C(=O)CCc4cnc(C)cn4)cc32)cc1. The van der Waals surface area contributed by atoms with Crippen LogP contribution in [0.3, 0.4) is 0 Å². The summed E-state index contributed by atoms with van der Waals surface area (Å²) < 4.78 is 2.13. The summed E-state index contributed by atoms with van der Waals surface area (Å²) in [6, 6.07) is 18.5. The average Bonchev–Trinajstić information content (AvgIpc) is 3.28. The van der Waals surface area contributed by atoms with E-state index in [0.29, 0.717) is 18.4 Å². The second kappa shape index (κ2) is 9.02. The fourth-order valence-corrected chi connectivity index (χ4v) is 4.11. The van der Waals surface area contributed by atoms with E-state index in [0.717, 1.165) is 44.8 Å². The van der Waals surface area contributed by atoms with Crippen molar-refractivity contribution in [3.8, 4) is 16.9 Å². The van der Waals surface area contributed by atoms with Gasteiger partial charge in [-0.3, -0.25) is 19.7 Å². The van der Waals surface area contributed by atoms with Crippen LogP contribution in [-0.2, 0) is 6.42 Å². The molecule has 2 aromatic carbocycles. The van der Waals surface area contributed by atoms with Crippen LogP contribution in [0.15, 0.2) is 79.4 Å². The molecular weight excluding hydrogens is 420 g/mol. The third kappa shape index (κ3) is 4.37. The van der Waals surface area contributed by atoms with Crippen LogP contribution in [0, 0.1) is 20.8 Å². The molecule has 0 aliphatic heterocycles. The lowest BCUT2D eigenvalue weighted by molar-refractivity contribution is 0.0982. The summed E-state index contributed by atoms with van der Waals surface area (Å²) in [6.45, 7) is 6.00. The van der Waals surface area contributed by atoms with Gasteiger partial charge in [0.05, 0.1) is 22.6 Å². The predicted molar refractivity (Wildman–Crippen MR) is 135 cm³/mol. The van der Waals surface area contributed by atoms with Crippen LogP contribution in [0.2, 0.25) is 0 Å². The number of hydrogen-bond acceptors (Lipinski definition) is 4. The molecule has 34 heavy (non-hydrogen) atoms. The first-order valence-electron chi connectivity index (χ1n) is 11.4. The van der Waals surface area contributed by atoms with Gasteiger partial charge in [0.2, 0.25) is 0 Å². The Bertz CT molecular complexity index is 1460. The molecule has 5 heteroatoms. The molecule has 0 N–H and O–H groups in total. The number of hydrogen-bond donors (Lipinski definition) is 0. The number of carbonyl (C=O) groups is 1. The lowest BCUT2D eigenvalue weighted by atomic mass is 9.98. The molecule has 0 spiro atoms. The van der Waals surface area contributed by atoms with E-state index < -0.39 is 0 Å². The highest BCUT2D eigenvalue weighted by Gasteiger charge is 2.16. The first-order valence-corrected chi connectivity index (χ1v) is 11.4. The number of fused-ring (bicyclic) bond motifs is 1. The Labute approximate surface area is 199 Å². The van der Waals surface area contributed by atoms with Gasteiger partial charge in [0.25, 0.3) is 0 Å². The van der Waals surface area contributed by atoms with Crippen LogP contribution < -0.4 is 0 Å². The van der Waals surface area contributed by atoms with Crippen LogP contribution in [0.25, 0.3) is 27.8 Å². The van der Waals surface area contributed by atoms with Crippen molar-refractivity contribution in [1.82, 2.24) is 19.5 Å². The Morgan fingerprint density at radius 2 is 1.62 bits per heavy atom. The number of benzene rings is 2. The van der Waals surface area contributed by atoms with E-state index in [-0.39, 0.29) is 5.78 Å². The molecule has 0 aliphatic carbocycles. The minimum Gasteiger partial charge on any atom is -0.317 e. The quantitative estimate of drug-likeness (QED) is 0.290. The maximum absolute atomic E-state index is 13.3. The maximum Gasteiger partial charge on any atom is 0.163 e. The van der Waals surface area contributed by atoms with Crippen molar-refractivity contribution in [2.45, 2.75) is 33.6 Å². The fraction of sp³-hybridized carbons (Fsp3) is 0.172. The maximum atomic E-state index is 13.3. The molecule has 3 aromatic heterocycles. The van der Waals surface area contributed by atoms with Gasteiger partial charge in [-0.2, -0.15) is 0 Å².